The van der Waals surface area contributed by atoms with Crippen molar-refractivity contribution in [3.05, 3.63) is 66.7 Å². The summed E-state index contributed by atoms with van der Waals surface area (Å²) in [6, 6.07) is 12.7. The third-order valence-corrected chi connectivity index (χ3v) is 9.32. The molecule has 0 spiro atoms. The predicted octanol–water partition coefficient (Wildman–Crippen LogP) is 3.77. The first kappa shape index (κ1) is 25.3. The monoisotopic (exact) mass is 543 g/mol. The van der Waals surface area contributed by atoms with E-state index in [1.807, 2.05) is 0 Å². The SMILES string of the molecule is COc1ccc(S(=O)(=O)N2CCCC(C(=O)N(CCn3cccn3)c3nc4c(F)cccc4s3)C2)cc1. The lowest BCUT2D eigenvalue weighted by atomic mass is 9.98. The molecule has 9 nitrogen and oxygen atoms in total. The van der Waals surface area contributed by atoms with Gasteiger partial charge in [-0.2, -0.15) is 9.40 Å². The number of aromatic nitrogens is 3. The number of carbonyl (C=O) groups is 1. The fourth-order valence-corrected chi connectivity index (χ4v) is 6.97. The maximum atomic E-state index is 14.4. The second-order valence-corrected chi connectivity index (χ2v) is 11.7. The van der Waals surface area contributed by atoms with Crippen molar-refractivity contribution in [2.45, 2.75) is 24.3 Å². The van der Waals surface area contributed by atoms with Gasteiger partial charge in [-0.05, 0) is 55.3 Å². The molecule has 5 rings (SSSR count). The lowest BCUT2D eigenvalue weighted by molar-refractivity contribution is -0.123. The summed E-state index contributed by atoms with van der Waals surface area (Å²) in [5, 5.41) is 4.59. The molecule has 1 amide bonds. The van der Waals surface area contributed by atoms with Gasteiger partial charge >= 0.3 is 0 Å². The number of hydrogen-bond acceptors (Lipinski definition) is 7. The normalized spacial score (nSPS) is 16.6. The Morgan fingerprint density at radius 2 is 2.03 bits per heavy atom. The minimum atomic E-state index is -3.79. The molecule has 3 heterocycles. The quantitative estimate of drug-likeness (QED) is 0.336. The number of anilines is 1. The average molecular weight is 544 g/mol. The van der Waals surface area contributed by atoms with Crippen molar-refractivity contribution in [3.63, 3.8) is 0 Å². The summed E-state index contributed by atoms with van der Waals surface area (Å²) >= 11 is 1.24. The van der Waals surface area contributed by atoms with Gasteiger partial charge in [-0.25, -0.2) is 17.8 Å². The molecular weight excluding hydrogens is 517 g/mol. The van der Waals surface area contributed by atoms with E-state index in [2.05, 4.69) is 10.1 Å². The summed E-state index contributed by atoms with van der Waals surface area (Å²) in [7, 11) is -2.27. The van der Waals surface area contributed by atoms with Crippen LogP contribution in [0.25, 0.3) is 10.2 Å². The number of fused-ring (bicyclic) bond motifs is 1. The van der Waals surface area contributed by atoms with Crippen molar-refractivity contribution in [1.82, 2.24) is 19.1 Å². The number of carbonyl (C=O) groups excluding carboxylic acids is 1. The third kappa shape index (κ3) is 5.22. The molecular formula is C25H26FN5O4S2. The molecule has 1 fully saturated rings. The summed E-state index contributed by atoms with van der Waals surface area (Å²) in [6.07, 6.45) is 4.55. The highest BCUT2D eigenvalue weighted by atomic mass is 32.2. The Hall–Kier alpha value is -3.35. The number of para-hydroxylation sites is 1. The fourth-order valence-electron chi connectivity index (χ4n) is 4.43. The number of rotatable bonds is 8. The van der Waals surface area contributed by atoms with Gasteiger partial charge in [0.2, 0.25) is 15.9 Å². The molecule has 0 saturated carbocycles. The first-order valence-corrected chi connectivity index (χ1v) is 14.1. The Kier molecular flexibility index (Phi) is 7.22. The minimum absolute atomic E-state index is 0.0602. The lowest BCUT2D eigenvalue weighted by Crippen LogP contribution is -2.47. The highest BCUT2D eigenvalue weighted by Crippen LogP contribution is 2.33. The van der Waals surface area contributed by atoms with Gasteiger partial charge in [0.1, 0.15) is 17.1 Å². The average Bonchev–Trinajstić information content (AvgIpc) is 3.60. The van der Waals surface area contributed by atoms with E-state index in [4.69, 9.17) is 4.74 Å². The Balaban J connectivity index is 1.40. The van der Waals surface area contributed by atoms with E-state index in [0.29, 0.717) is 41.5 Å². The second-order valence-electron chi connectivity index (χ2n) is 8.72. The van der Waals surface area contributed by atoms with Gasteiger partial charge in [0.25, 0.3) is 0 Å². The van der Waals surface area contributed by atoms with Crippen molar-refractivity contribution in [2.75, 3.05) is 31.6 Å². The zero-order chi connectivity index (χ0) is 26.0. The van der Waals surface area contributed by atoms with E-state index in [9.17, 15) is 17.6 Å². The Morgan fingerprint density at radius 3 is 2.73 bits per heavy atom. The predicted molar refractivity (Wildman–Crippen MR) is 139 cm³/mol. The molecule has 1 atom stereocenters. The van der Waals surface area contributed by atoms with Crippen LogP contribution in [0.2, 0.25) is 0 Å². The molecule has 0 N–H and O–H groups in total. The van der Waals surface area contributed by atoms with Gasteiger partial charge in [0.05, 0.1) is 29.2 Å². The van der Waals surface area contributed by atoms with Gasteiger partial charge in [-0.1, -0.05) is 17.4 Å². The van der Waals surface area contributed by atoms with Crippen molar-refractivity contribution in [1.29, 1.82) is 0 Å². The molecule has 0 radical (unpaired) electrons. The van der Waals surface area contributed by atoms with Gasteiger partial charge in [0, 0.05) is 32.0 Å². The van der Waals surface area contributed by atoms with Gasteiger partial charge in [-0.15, -0.1) is 0 Å². The standard InChI is InChI=1S/C25H26FN5O4S2/c1-35-19-8-10-20(11-9-19)37(33,34)30-14-3-5-18(17-30)24(32)31(16-15-29-13-4-12-27-29)25-28-23-21(26)6-2-7-22(23)36-25/h2,4,6-13,18H,3,5,14-17H2,1H3. The van der Waals surface area contributed by atoms with Gasteiger partial charge < -0.3 is 4.74 Å². The number of sulfonamides is 1. The van der Waals surface area contributed by atoms with E-state index in [1.54, 1.807) is 52.3 Å². The molecule has 2 aromatic heterocycles. The van der Waals surface area contributed by atoms with Gasteiger partial charge in [-0.3, -0.25) is 14.4 Å². The van der Waals surface area contributed by atoms with E-state index in [1.165, 1.54) is 41.0 Å². The van der Waals surface area contributed by atoms with Crippen LogP contribution in [0.4, 0.5) is 9.52 Å². The molecule has 4 aromatic rings. The minimum Gasteiger partial charge on any atom is -0.497 e. The summed E-state index contributed by atoms with van der Waals surface area (Å²) in [5.41, 5.74) is 0.215. The van der Waals surface area contributed by atoms with Crippen LogP contribution in [0.1, 0.15) is 12.8 Å². The van der Waals surface area contributed by atoms with Crippen LogP contribution >= 0.6 is 11.3 Å². The molecule has 0 bridgehead atoms. The van der Waals surface area contributed by atoms with Crippen molar-refractivity contribution < 1.29 is 22.3 Å². The molecule has 1 aliphatic rings. The number of halogens is 1. The van der Waals surface area contributed by atoms with E-state index >= 15 is 0 Å². The number of hydrogen-bond donors (Lipinski definition) is 0. The largest absolute Gasteiger partial charge is 0.497 e. The molecule has 0 aliphatic carbocycles. The molecule has 12 heteroatoms. The smallest absolute Gasteiger partial charge is 0.243 e. The highest BCUT2D eigenvalue weighted by molar-refractivity contribution is 7.89. The third-order valence-electron chi connectivity index (χ3n) is 6.40. The van der Waals surface area contributed by atoms with Crippen LogP contribution < -0.4 is 9.64 Å². The first-order valence-electron chi connectivity index (χ1n) is 11.8. The van der Waals surface area contributed by atoms with Crippen molar-refractivity contribution in [2.24, 2.45) is 5.92 Å². The number of nitrogens with zero attached hydrogens (tertiary/aromatic N) is 5. The molecule has 194 valence electrons. The van der Waals surface area contributed by atoms with Crippen LogP contribution in [0.3, 0.4) is 0 Å². The number of ether oxygens (including phenoxy) is 1. The Bertz CT molecular complexity index is 1490. The zero-order valence-corrected chi connectivity index (χ0v) is 21.8. The number of benzene rings is 2. The second kappa shape index (κ2) is 10.6. The molecule has 1 aliphatic heterocycles. The zero-order valence-electron chi connectivity index (χ0n) is 20.2. The maximum absolute atomic E-state index is 14.4. The van der Waals surface area contributed by atoms with Gasteiger partial charge in [0.15, 0.2) is 5.13 Å². The molecule has 1 saturated heterocycles. The van der Waals surface area contributed by atoms with Crippen LogP contribution in [0.15, 0.2) is 65.8 Å². The lowest BCUT2D eigenvalue weighted by Gasteiger charge is -2.33. The number of thiazole rings is 1. The topological polar surface area (TPSA) is 97.6 Å². The van der Waals surface area contributed by atoms with Crippen molar-refractivity contribution >= 4 is 42.6 Å². The number of methoxy groups -OCH3 is 1. The molecule has 2 aromatic carbocycles. The van der Waals surface area contributed by atoms with E-state index < -0.39 is 21.8 Å². The Labute approximate surface area is 218 Å². The summed E-state index contributed by atoms with van der Waals surface area (Å²) in [4.78, 5) is 20.0. The number of amides is 1. The van der Waals surface area contributed by atoms with E-state index in [-0.39, 0.29) is 29.4 Å². The summed E-state index contributed by atoms with van der Waals surface area (Å²) in [5.74, 6) is -0.683. The highest BCUT2D eigenvalue weighted by Gasteiger charge is 2.36. The Morgan fingerprint density at radius 1 is 1.22 bits per heavy atom. The van der Waals surface area contributed by atoms with Crippen LogP contribution in [0.5, 0.6) is 5.75 Å². The first-order chi connectivity index (χ1) is 17.9. The summed E-state index contributed by atoms with van der Waals surface area (Å²) < 4.78 is 49.9. The number of piperidine rings is 1. The van der Waals surface area contributed by atoms with Crippen LogP contribution in [-0.4, -0.2) is 60.1 Å². The maximum Gasteiger partial charge on any atom is 0.243 e. The van der Waals surface area contributed by atoms with E-state index in [0.717, 1.165) is 0 Å². The fraction of sp³-hybridized carbons (Fsp3) is 0.320. The van der Waals surface area contributed by atoms with Crippen LogP contribution in [-0.2, 0) is 21.4 Å². The molecule has 37 heavy (non-hydrogen) atoms. The van der Waals surface area contributed by atoms with Crippen molar-refractivity contribution in [3.8, 4) is 5.75 Å². The van der Waals surface area contributed by atoms with Crippen LogP contribution in [0, 0.1) is 11.7 Å². The molecule has 1 unspecified atom stereocenters. The summed E-state index contributed by atoms with van der Waals surface area (Å²) in [6.45, 7) is 1.07.